The van der Waals surface area contributed by atoms with Crippen LogP contribution >= 0.6 is 11.6 Å². The number of aromatic nitrogens is 3. The molecule has 44 heavy (non-hydrogen) atoms. The molecule has 0 amide bonds. The van der Waals surface area contributed by atoms with Gasteiger partial charge in [0.15, 0.2) is 5.65 Å². The van der Waals surface area contributed by atoms with E-state index in [0.29, 0.717) is 35.4 Å². The van der Waals surface area contributed by atoms with E-state index in [-0.39, 0.29) is 0 Å². The Morgan fingerprint density at radius 2 is 1.75 bits per heavy atom. The van der Waals surface area contributed by atoms with Crippen LogP contribution in [-0.4, -0.2) is 96.9 Å². The van der Waals surface area contributed by atoms with Gasteiger partial charge in [-0.3, -0.25) is 9.30 Å². The molecule has 0 saturated carbocycles. The minimum atomic E-state index is 0.459. The standard InChI is InChI=1S/C32H38ClN9O2/c1-39-10-8-24(9-11-39)41-14-12-40(13-15-41)23-6-4-22(5-7-23)36-32-34-19-21-16-27(31-38-35-20-42(31)30(21)37-32)26-17-25(43-2)18-28(44-3)29(26)33/h4-7,16,18,20,24H,8-15,17,19H2,1-3H3,(H,34,36). The van der Waals surface area contributed by atoms with Crippen molar-refractivity contribution in [2.24, 2.45) is 9.98 Å². The number of nitrogens with zero attached hydrogens (tertiary/aromatic N) is 8. The maximum absolute atomic E-state index is 6.77. The third kappa shape index (κ3) is 5.55. The van der Waals surface area contributed by atoms with E-state index in [1.54, 1.807) is 20.5 Å². The largest absolute Gasteiger partial charge is 0.501 e. The van der Waals surface area contributed by atoms with E-state index in [1.807, 2.05) is 16.5 Å². The van der Waals surface area contributed by atoms with Crippen molar-refractivity contribution in [1.82, 2.24) is 24.4 Å². The van der Waals surface area contributed by atoms with Crippen molar-refractivity contribution < 1.29 is 9.47 Å². The van der Waals surface area contributed by atoms with Gasteiger partial charge in [0.25, 0.3) is 0 Å². The molecule has 3 aliphatic heterocycles. The van der Waals surface area contributed by atoms with Crippen LogP contribution in [0.4, 0.5) is 11.4 Å². The minimum absolute atomic E-state index is 0.459. The van der Waals surface area contributed by atoms with Crippen LogP contribution in [0.25, 0.3) is 11.2 Å². The quantitative estimate of drug-likeness (QED) is 0.468. The Morgan fingerprint density at radius 3 is 2.48 bits per heavy atom. The van der Waals surface area contributed by atoms with Crippen LogP contribution in [0, 0.1) is 0 Å². The lowest BCUT2D eigenvalue weighted by molar-refractivity contribution is 0.115. The summed E-state index contributed by atoms with van der Waals surface area (Å²) in [6, 6.07) is 11.4. The number of aliphatic imine (C=N–C) groups is 1. The zero-order valence-electron chi connectivity index (χ0n) is 25.5. The average Bonchev–Trinajstić information content (AvgIpc) is 3.56. The van der Waals surface area contributed by atoms with E-state index < -0.39 is 0 Å². The third-order valence-corrected chi connectivity index (χ3v) is 9.59. The molecule has 4 aliphatic rings. The number of allylic oxidation sites excluding steroid dienone is 3. The Morgan fingerprint density at radius 1 is 0.977 bits per heavy atom. The number of ether oxygens (including phenoxy) is 2. The van der Waals surface area contributed by atoms with Crippen molar-refractivity contribution in [3.63, 3.8) is 0 Å². The number of pyridine rings is 1. The lowest BCUT2D eigenvalue weighted by Crippen LogP contribution is -2.53. The van der Waals surface area contributed by atoms with Crippen molar-refractivity contribution >= 4 is 40.2 Å². The van der Waals surface area contributed by atoms with Gasteiger partial charge in [0, 0.05) is 66.9 Å². The minimum Gasteiger partial charge on any atom is -0.501 e. The molecule has 2 aromatic heterocycles. The van der Waals surface area contributed by atoms with Crippen LogP contribution < -0.4 is 20.9 Å². The highest BCUT2D eigenvalue weighted by Crippen LogP contribution is 2.33. The highest BCUT2D eigenvalue weighted by atomic mass is 35.5. The molecule has 11 nitrogen and oxygen atoms in total. The second-order valence-corrected chi connectivity index (χ2v) is 12.1. The van der Waals surface area contributed by atoms with Crippen molar-refractivity contribution in [2.45, 2.75) is 31.8 Å². The van der Waals surface area contributed by atoms with Gasteiger partial charge in [0.1, 0.15) is 23.3 Å². The maximum Gasteiger partial charge on any atom is 0.224 e. The number of benzene rings is 1. The number of likely N-dealkylation sites (tertiary alicyclic amines) is 1. The van der Waals surface area contributed by atoms with E-state index in [0.717, 1.165) is 65.5 Å². The summed E-state index contributed by atoms with van der Waals surface area (Å²) in [6.07, 6.45) is 6.57. The molecule has 5 heterocycles. The maximum atomic E-state index is 6.77. The number of guanidine groups is 1. The fraction of sp³-hybridized carbons (Fsp3) is 0.438. The number of halogens is 1. The van der Waals surface area contributed by atoms with Crippen LogP contribution in [0.15, 0.2) is 69.3 Å². The normalized spacial score (nSPS) is 21.5. The summed E-state index contributed by atoms with van der Waals surface area (Å²) in [6.45, 7) is 7.26. The number of nitrogens with one attached hydrogen (secondary N) is 1. The first-order valence-corrected chi connectivity index (χ1v) is 15.6. The smallest absolute Gasteiger partial charge is 0.224 e. The highest BCUT2D eigenvalue weighted by Gasteiger charge is 2.27. The van der Waals surface area contributed by atoms with Crippen molar-refractivity contribution in [1.29, 1.82) is 0 Å². The molecule has 1 aliphatic carbocycles. The van der Waals surface area contributed by atoms with Crippen molar-refractivity contribution in [2.75, 3.05) is 70.8 Å². The molecule has 0 unspecified atom stereocenters. The molecule has 0 bridgehead atoms. The van der Waals surface area contributed by atoms with Gasteiger partial charge in [-0.1, -0.05) is 11.6 Å². The molecule has 12 heteroatoms. The number of fused-ring (bicyclic) bond motifs is 3. The Hall–Kier alpha value is -3.93. The Balaban J connectivity index is 1.08. The SMILES string of the molecule is COC1=CC(OC)=C(Cl)C(=c2cc3c(n4cnnc24)=NC(Nc2ccc(N4CCN(C5CCN(C)CC5)CC4)cc2)=NC3)C1. The highest BCUT2D eigenvalue weighted by molar-refractivity contribution is 6.36. The van der Waals surface area contributed by atoms with E-state index in [1.165, 1.54) is 31.6 Å². The zero-order valence-corrected chi connectivity index (χ0v) is 26.2. The number of methoxy groups -OCH3 is 2. The first-order chi connectivity index (χ1) is 21.5. The summed E-state index contributed by atoms with van der Waals surface area (Å²) in [5, 5.41) is 13.4. The topological polar surface area (TPSA) is 95.1 Å². The predicted octanol–water partition coefficient (Wildman–Crippen LogP) is 2.73. The molecule has 0 radical (unpaired) electrons. The van der Waals surface area contributed by atoms with E-state index >= 15 is 0 Å². The van der Waals surface area contributed by atoms with Crippen molar-refractivity contribution in [3.8, 4) is 0 Å². The monoisotopic (exact) mass is 615 g/mol. The number of hydrogen-bond acceptors (Lipinski definition) is 10. The summed E-state index contributed by atoms with van der Waals surface area (Å²) in [7, 11) is 5.46. The predicted molar refractivity (Wildman–Crippen MR) is 172 cm³/mol. The second-order valence-electron chi connectivity index (χ2n) is 11.8. The Labute approximate surface area is 261 Å². The first-order valence-electron chi connectivity index (χ1n) is 15.2. The molecule has 0 atom stereocenters. The van der Waals surface area contributed by atoms with Gasteiger partial charge in [0.05, 0.1) is 25.8 Å². The number of hydrogen-bond donors (Lipinski definition) is 1. The summed E-state index contributed by atoms with van der Waals surface area (Å²) >= 11 is 6.77. The number of piperazine rings is 1. The van der Waals surface area contributed by atoms with Gasteiger partial charge in [-0.15, -0.1) is 10.2 Å². The molecule has 2 fully saturated rings. The third-order valence-electron chi connectivity index (χ3n) is 9.17. The zero-order chi connectivity index (χ0) is 30.2. The Kier molecular flexibility index (Phi) is 8.00. The van der Waals surface area contributed by atoms with E-state index in [9.17, 15) is 0 Å². The van der Waals surface area contributed by atoms with Crippen LogP contribution in [0.2, 0.25) is 0 Å². The van der Waals surface area contributed by atoms with E-state index in [2.05, 4.69) is 61.5 Å². The second kappa shape index (κ2) is 12.2. The van der Waals surface area contributed by atoms with Gasteiger partial charge in [-0.05, 0) is 68.9 Å². The first kappa shape index (κ1) is 28.8. The molecule has 7 rings (SSSR count). The number of anilines is 2. The fourth-order valence-electron chi connectivity index (χ4n) is 6.60. The lowest BCUT2D eigenvalue weighted by atomic mass is 10.0. The molecular formula is C32H38ClN9O2. The van der Waals surface area contributed by atoms with Gasteiger partial charge >= 0.3 is 0 Å². The van der Waals surface area contributed by atoms with E-state index in [4.69, 9.17) is 31.1 Å². The van der Waals surface area contributed by atoms with Gasteiger partial charge < -0.3 is 24.6 Å². The molecule has 1 N–H and O–H groups in total. The summed E-state index contributed by atoms with van der Waals surface area (Å²) in [5.41, 5.74) is 5.42. The number of rotatable bonds is 5. The lowest BCUT2D eigenvalue weighted by Gasteiger charge is -2.42. The van der Waals surface area contributed by atoms with Crippen LogP contribution in [0.1, 0.15) is 24.8 Å². The number of piperidine rings is 1. The van der Waals surface area contributed by atoms with Crippen molar-refractivity contribution in [3.05, 3.63) is 75.6 Å². The van der Waals surface area contributed by atoms with Crippen LogP contribution in [-0.2, 0) is 16.0 Å². The van der Waals surface area contributed by atoms with Gasteiger partial charge in [0.2, 0.25) is 5.96 Å². The average molecular weight is 616 g/mol. The fourth-order valence-corrected chi connectivity index (χ4v) is 6.90. The molecule has 2 saturated heterocycles. The molecular weight excluding hydrogens is 578 g/mol. The summed E-state index contributed by atoms with van der Waals surface area (Å²) in [4.78, 5) is 17.2. The van der Waals surface area contributed by atoms with Crippen LogP contribution in [0.3, 0.4) is 0 Å². The summed E-state index contributed by atoms with van der Waals surface area (Å²) in [5.74, 6) is 1.86. The summed E-state index contributed by atoms with van der Waals surface area (Å²) < 4.78 is 12.9. The molecule has 0 spiro atoms. The van der Waals surface area contributed by atoms with Gasteiger partial charge in [-0.2, -0.15) is 4.99 Å². The van der Waals surface area contributed by atoms with Crippen LogP contribution in [0.5, 0.6) is 0 Å². The molecule has 3 aromatic rings. The molecule has 1 aromatic carbocycles. The van der Waals surface area contributed by atoms with Gasteiger partial charge in [-0.25, -0.2) is 4.99 Å². The molecule has 230 valence electrons. The Bertz CT molecular complexity index is 1760.